The van der Waals surface area contributed by atoms with Gasteiger partial charge < -0.3 is 24.4 Å². The fraction of sp³-hybridized carbons (Fsp3) is 0.415. The Morgan fingerprint density at radius 1 is 0.964 bits per heavy atom. The molecule has 3 fully saturated rings. The van der Waals surface area contributed by atoms with Crippen molar-refractivity contribution in [3.8, 4) is 16.9 Å². The normalized spacial score (nSPS) is 18.7. The van der Waals surface area contributed by atoms with Crippen molar-refractivity contribution in [2.75, 3.05) is 45.7 Å². The molecule has 55 heavy (non-hydrogen) atoms. The minimum Gasteiger partial charge on any atom is -0.496 e. The Labute approximate surface area is 323 Å². The van der Waals surface area contributed by atoms with E-state index < -0.39 is 17.8 Å². The first-order valence-corrected chi connectivity index (χ1v) is 19.1. The molecule has 0 saturated carbocycles. The number of likely N-dealkylation sites (tertiary alicyclic amines) is 2. The molecule has 3 aliphatic heterocycles. The largest absolute Gasteiger partial charge is 0.496 e. The number of pyridine rings is 1. The molecule has 290 valence electrons. The highest BCUT2D eigenvalue weighted by molar-refractivity contribution is 6.32. The molecule has 11 nitrogen and oxygen atoms in total. The lowest BCUT2D eigenvalue weighted by Gasteiger charge is -2.40. The Kier molecular flexibility index (Phi) is 11.1. The number of carbonyl (C=O) groups is 3. The van der Waals surface area contributed by atoms with E-state index in [0.717, 1.165) is 31.5 Å². The van der Waals surface area contributed by atoms with Crippen LogP contribution in [0.25, 0.3) is 21.9 Å². The molecule has 3 aromatic carbocycles. The Morgan fingerprint density at radius 2 is 1.71 bits per heavy atom. The van der Waals surface area contributed by atoms with Crippen molar-refractivity contribution in [2.45, 2.75) is 63.1 Å². The number of anilines is 1. The van der Waals surface area contributed by atoms with Gasteiger partial charge in [0, 0.05) is 92.7 Å². The zero-order valence-electron chi connectivity index (χ0n) is 31.2. The molecule has 0 bridgehead atoms. The first-order valence-electron chi connectivity index (χ1n) is 18.7. The number of nitrogens with one attached hydrogen (secondary N) is 2. The standard InChI is InChI=1S/C41H45ClF2N6O5/c1-47-22-32(31-20-26(43)4-6-30(31)40(47)53)25-18-34(42)33(37(19-25)55-3)23-49-14-12-28(13-15-49)48(2)41(54)50-16-10-24(11-17-50)29-7-5-27(21-35(29)44)45-36-8-9-38(51)46-39(36)52/h4-7,18-22,24,28,36,45H,8-17,23H2,1-3H3,(H,46,51,52). The molecule has 4 aromatic rings. The maximum atomic E-state index is 15.3. The highest BCUT2D eigenvalue weighted by Crippen LogP contribution is 2.38. The van der Waals surface area contributed by atoms with E-state index in [2.05, 4.69) is 15.5 Å². The smallest absolute Gasteiger partial charge is 0.319 e. The van der Waals surface area contributed by atoms with Crippen LogP contribution in [0.15, 0.2) is 59.5 Å². The number of hydrogen-bond acceptors (Lipinski definition) is 7. The second kappa shape index (κ2) is 16.0. The number of carbonyl (C=O) groups excluding carboxylic acids is 3. The number of amides is 4. The summed E-state index contributed by atoms with van der Waals surface area (Å²) in [6.07, 6.45) is 5.15. The van der Waals surface area contributed by atoms with Gasteiger partial charge in [0.25, 0.3) is 5.56 Å². The molecule has 0 radical (unpaired) electrons. The molecule has 0 aliphatic carbocycles. The number of ether oxygens (including phenoxy) is 1. The first-order chi connectivity index (χ1) is 26.4. The van der Waals surface area contributed by atoms with Crippen molar-refractivity contribution < 1.29 is 27.9 Å². The molecule has 7 rings (SSSR count). The SMILES string of the molecule is COc1cc(-c2cn(C)c(=O)c3ccc(F)cc23)cc(Cl)c1CN1CCC(N(C)C(=O)N2CCC(c3ccc(NC4CCC(=O)NC4=O)cc3F)CC2)CC1. The minimum absolute atomic E-state index is 0.0210. The van der Waals surface area contributed by atoms with Crippen LogP contribution in [0.1, 0.15) is 55.6 Å². The van der Waals surface area contributed by atoms with E-state index in [9.17, 15) is 23.6 Å². The van der Waals surface area contributed by atoms with E-state index in [1.54, 1.807) is 32.5 Å². The summed E-state index contributed by atoms with van der Waals surface area (Å²) < 4.78 is 36.8. The van der Waals surface area contributed by atoms with Crippen LogP contribution in [-0.4, -0.2) is 89.5 Å². The van der Waals surface area contributed by atoms with Gasteiger partial charge in [-0.05, 0) is 97.0 Å². The van der Waals surface area contributed by atoms with Crippen LogP contribution >= 0.6 is 11.6 Å². The molecule has 14 heteroatoms. The fourth-order valence-electron chi connectivity index (χ4n) is 8.20. The summed E-state index contributed by atoms with van der Waals surface area (Å²) in [5.74, 6) is -0.922. The van der Waals surface area contributed by atoms with Crippen molar-refractivity contribution >= 4 is 45.9 Å². The van der Waals surface area contributed by atoms with Crippen molar-refractivity contribution in [1.29, 1.82) is 0 Å². The van der Waals surface area contributed by atoms with Crippen molar-refractivity contribution in [3.05, 3.63) is 92.9 Å². The number of aryl methyl sites for hydroxylation is 1. The van der Waals surface area contributed by atoms with E-state index in [4.69, 9.17) is 16.3 Å². The fourth-order valence-corrected chi connectivity index (χ4v) is 8.47. The molecule has 3 saturated heterocycles. The number of nitrogens with zero attached hydrogens (tertiary/aromatic N) is 4. The summed E-state index contributed by atoms with van der Waals surface area (Å²) in [5, 5.41) is 6.75. The molecule has 1 unspecified atom stereocenters. The van der Waals surface area contributed by atoms with E-state index in [1.165, 1.54) is 28.8 Å². The van der Waals surface area contributed by atoms with Crippen LogP contribution in [0.4, 0.5) is 19.3 Å². The highest BCUT2D eigenvalue weighted by Gasteiger charge is 2.32. The lowest BCUT2D eigenvalue weighted by atomic mass is 9.89. The van der Waals surface area contributed by atoms with Crippen LogP contribution in [0.2, 0.25) is 5.02 Å². The van der Waals surface area contributed by atoms with Crippen LogP contribution < -0.4 is 20.9 Å². The summed E-state index contributed by atoms with van der Waals surface area (Å²) in [6, 6.07) is 12.2. The van der Waals surface area contributed by atoms with Gasteiger partial charge in [-0.1, -0.05) is 17.7 Å². The number of imide groups is 1. The van der Waals surface area contributed by atoms with Gasteiger partial charge in [0.2, 0.25) is 11.8 Å². The van der Waals surface area contributed by atoms with Gasteiger partial charge >= 0.3 is 6.03 Å². The Balaban J connectivity index is 0.929. The lowest BCUT2D eigenvalue weighted by molar-refractivity contribution is -0.133. The Hall–Kier alpha value is -5.01. The number of methoxy groups -OCH3 is 1. The topological polar surface area (TPSA) is 116 Å². The molecule has 4 amide bonds. The van der Waals surface area contributed by atoms with Crippen molar-refractivity contribution in [2.24, 2.45) is 7.05 Å². The molecule has 3 aliphatic rings. The highest BCUT2D eigenvalue weighted by atomic mass is 35.5. The van der Waals surface area contributed by atoms with Gasteiger partial charge in [-0.25, -0.2) is 13.6 Å². The summed E-state index contributed by atoms with van der Waals surface area (Å²) in [4.78, 5) is 55.9. The third-order valence-electron chi connectivity index (χ3n) is 11.4. The van der Waals surface area contributed by atoms with Crippen molar-refractivity contribution in [3.63, 3.8) is 0 Å². The summed E-state index contributed by atoms with van der Waals surface area (Å²) >= 11 is 6.90. The second-order valence-corrected chi connectivity index (χ2v) is 15.2. The van der Waals surface area contributed by atoms with Crippen LogP contribution in [0.5, 0.6) is 5.75 Å². The molecule has 4 heterocycles. The predicted molar refractivity (Wildman–Crippen MR) is 207 cm³/mol. The molecule has 2 N–H and O–H groups in total. The number of aromatic nitrogens is 1. The Morgan fingerprint density at radius 3 is 2.40 bits per heavy atom. The number of rotatable bonds is 8. The molecule has 1 atom stereocenters. The average molecular weight is 775 g/mol. The average Bonchev–Trinajstić information content (AvgIpc) is 3.18. The number of urea groups is 1. The predicted octanol–water partition coefficient (Wildman–Crippen LogP) is 6.26. The number of piperidine rings is 3. The number of halogens is 3. The van der Waals surface area contributed by atoms with Gasteiger partial charge in [-0.15, -0.1) is 0 Å². The van der Waals surface area contributed by atoms with E-state index in [1.807, 2.05) is 29.0 Å². The maximum absolute atomic E-state index is 15.3. The second-order valence-electron chi connectivity index (χ2n) is 14.8. The maximum Gasteiger partial charge on any atom is 0.319 e. The molecular formula is C41H45ClF2N6O5. The molecular weight excluding hydrogens is 730 g/mol. The van der Waals surface area contributed by atoms with Gasteiger partial charge in [0.1, 0.15) is 23.4 Å². The van der Waals surface area contributed by atoms with Gasteiger partial charge in [-0.3, -0.25) is 24.6 Å². The zero-order valence-corrected chi connectivity index (χ0v) is 31.9. The number of fused-ring (bicyclic) bond motifs is 1. The summed E-state index contributed by atoms with van der Waals surface area (Å²) in [6.45, 7) is 3.11. The van der Waals surface area contributed by atoms with Crippen LogP contribution in [-0.2, 0) is 23.2 Å². The third kappa shape index (κ3) is 8.04. The molecule has 1 aromatic heterocycles. The monoisotopic (exact) mass is 774 g/mol. The van der Waals surface area contributed by atoms with Gasteiger partial charge in [0.05, 0.1) is 7.11 Å². The van der Waals surface area contributed by atoms with Crippen LogP contribution in [0.3, 0.4) is 0 Å². The van der Waals surface area contributed by atoms with Gasteiger partial charge in [-0.2, -0.15) is 0 Å². The first kappa shape index (κ1) is 38.3. The van der Waals surface area contributed by atoms with E-state index in [0.29, 0.717) is 82.8 Å². The quantitative estimate of drug-likeness (QED) is 0.203. The van der Waals surface area contributed by atoms with E-state index in [-0.39, 0.29) is 41.7 Å². The summed E-state index contributed by atoms with van der Waals surface area (Å²) in [7, 11) is 5.11. The number of hydrogen-bond donors (Lipinski definition) is 2. The summed E-state index contributed by atoms with van der Waals surface area (Å²) in [5.41, 5.74) is 3.08. The zero-order chi connectivity index (χ0) is 39.0. The Bertz CT molecular complexity index is 2200. The number of benzene rings is 3. The van der Waals surface area contributed by atoms with Crippen LogP contribution in [0, 0.1) is 11.6 Å². The minimum atomic E-state index is -0.585. The van der Waals surface area contributed by atoms with Gasteiger partial charge in [0.15, 0.2) is 0 Å². The molecule has 0 spiro atoms. The van der Waals surface area contributed by atoms with E-state index >= 15 is 4.39 Å². The van der Waals surface area contributed by atoms with Crippen molar-refractivity contribution in [1.82, 2.24) is 24.6 Å². The lowest BCUT2D eigenvalue weighted by Crippen LogP contribution is -2.51. The third-order valence-corrected chi connectivity index (χ3v) is 11.7.